The molecule has 0 radical (unpaired) electrons. The quantitative estimate of drug-likeness (QED) is 0.927. The molecule has 0 saturated carbocycles. The van der Waals surface area contributed by atoms with Crippen molar-refractivity contribution < 1.29 is 4.79 Å². The van der Waals surface area contributed by atoms with Crippen molar-refractivity contribution in [2.75, 3.05) is 13.2 Å². The number of hydrogen-bond donors (Lipinski definition) is 1. The standard InChI is InChI=1S/C15H19BrN2O/c16-12-6-7-13-11(9-12)3-1-4-14(13)17-10-18-8-2-5-15(18)19/h6-7,9,14,17H,1-5,8,10H2/t14-/m1/s1. The summed E-state index contributed by atoms with van der Waals surface area (Å²) >= 11 is 3.54. The van der Waals surface area contributed by atoms with Gasteiger partial charge in [0.05, 0.1) is 6.67 Å². The van der Waals surface area contributed by atoms with E-state index >= 15 is 0 Å². The molecule has 0 aromatic heterocycles. The van der Waals surface area contributed by atoms with Crippen LogP contribution in [0, 0.1) is 0 Å². The summed E-state index contributed by atoms with van der Waals surface area (Å²) in [7, 11) is 0. The maximum Gasteiger partial charge on any atom is 0.223 e. The van der Waals surface area contributed by atoms with Gasteiger partial charge in [-0.05, 0) is 48.9 Å². The van der Waals surface area contributed by atoms with Crippen LogP contribution in [0.3, 0.4) is 0 Å². The van der Waals surface area contributed by atoms with Crippen LogP contribution in [0.5, 0.6) is 0 Å². The lowest BCUT2D eigenvalue weighted by Gasteiger charge is -2.28. The van der Waals surface area contributed by atoms with E-state index in [1.54, 1.807) is 0 Å². The van der Waals surface area contributed by atoms with Gasteiger partial charge in [-0.2, -0.15) is 0 Å². The number of halogens is 1. The Morgan fingerprint density at radius 2 is 2.21 bits per heavy atom. The van der Waals surface area contributed by atoms with Gasteiger partial charge in [-0.1, -0.05) is 22.0 Å². The lowest BCUT2D eigenvalue weighted by Crippen LogP contribution is -2.38. The van der Waals surface area contributed by atoms with Crippen molar-refractivity contribution in [3.63, 3.8) is 0 Å². The molecule has 1 aromatic carbocycles. The first-order valence-corrected chi connectivity index (χ1v) is 7.83. The fraction of sp³-hybridized carbons (Fsp3) is 0.533. The second-order valence-corrected chi connectivity index (χ2v) is 6.33. The van der Waals surface area contributed by atoms with Crippen molar-refractivity contribution in [2.24, 2.45) is 0 Å². The van der Waals surface area contributed by atoms with E-state index in [0.29, 0.717) is 18.6 Å². The fourth-order valence-electron chi connectivity index (χ4n) is 3.09. The summed E-state index contributed by atoms with van der Waals surface area (Å²) in [6.45, 7) is 1.60. The first kappa shape index (κ1) is 13.1. The average Bonchev–Trinajstić information content (AvgIpc) is 2.81. The largest absolute Gasteiger partial charge is 0.330 e. The van der Waals surface area contributed by atoms with Crippen LogP contribution in [0.4, 0.5) is 0 Å². The summed E-state index contributed by atoms with van der Waals surface area (Å²) < 4.78 is 1.15. The summed E-state index contributed by atoms with van der Waals surface area (Å²) in [6, 6.07) is 6.94. The maximum atomic E-state index is 11.6. The number of rotatable bonds is 3. The molecule has 1 aliphatic carbocycles. The van der Waals surface area contributed by atoms with Gasteiger partial charge in [0.25, 0.3) is 0 Å². The van der Waals surface area contributed by atoms with Gasteiger partial charge in [0.1, 0.15) is 0 Å². The zero-order valence-electron chi connectivity index (χ0n) is 11.0. The summed E-state index contributed by atoms with van der Waals surface area (Å²) in [6.07, 6.45) is 5.27. The Balaban J connectivity index is 1.68. The topological polar surface area (TPSA) is 32.3 Å². The number of nitrogens with zero attached hydrogens (tertiary/aromatic N) is 1. The minimum Gasteiger partial charge on any atom is -0.330 e. The van der Waals surface area contributed by atoms with Crippen LogP contribution in [0.2, 0.25) is 0 Å². The first-order valence-electron chi connectivity index (χ1n) is 7.03. The van der Waals surface area contributed by atoms with Gasteiger partial charge in [0.15, 0.2) is 0 Å². The highest BCUT2D eigenvalue weighted by atomic mass is 79.9. The molecule has 1 aliphatic heterocycles. The molecule has 102 valence electrons. The molecule has 3 nitrogen and oxygen atoms in total. The van der Waals surface area contributed by atoms with Gasteiger partial charge in [0, 0.05) is 23.5 Å². The third kappa shape index (κ3) is 2.84. The molecule has 0 unspecified atom stereocenters. The number of aryl methyl sites for hydroxylation is 1. The lowest BCUT2D eigenvalue weighted by molar-refractivity contribution is -0.128. The van der Waals surface area contributed by atoms with E-state index in [-0.39, 0.29) is 0 Å². The molecule has 0 bridgehead atoms. The molecule has 1 N–H and O–H groups in total. The number of carbonyl (C=O) groups is 1. The van der Waals surface area contributed by atoms with Gasteiger partial charge >= 0.3 is 0 Å². The predicted molar refractivity (Wildman–Crippen MR) is 78.8 cm³/mol. The van der Waals surface area contributed by atoms with Gasteiger partial charge in [-0.3, -0.25) is 10.1 Å². The number of amides is 1. The third-order valence-electron chi connectivity index (χ3n) is 4.12. The highest BCUT2D eigenvalue weighted by molar-refractivity contribution is 9.10. The van der Waals surface area contributed by atoms with E-state index in [1.807, 2.05) is 4.90 Å². The van der Waals surface area contributed by atoms with E-state index in [9.17, 15) is 4.79 Å². The number of carbonyl (C=O) groups excluding carboxylic acids is 1. The van der Waals surface area contributed by atoms with Gasteiger partial charge < -0.3 is 4.90 Å². The highest BCUT2D eigenvalue weighted by Crippen LogP contribution is 2.31. The van der Waals surface area contributed by atoms with Crippen molar-refractivity contribution in [3.05, 3.63) is 33.8 Å². The number of likely N-dealkylation sites (tertiary alicyclic amines) is 1. The molecule has 4 heteroatoms. The minimum atomic E-state index is 0.291. The number of benzene rings is 1. The third-order valence-corrected chi connectivity index (χ3v) is 4.61. The molecule has 1 atom stereocenters. The normalized spacial score (nSPS) is 22.7. The molecule has 19 heavy (non-hydrogen) atoms. The Bertz CT molecular complexity index is 489. The van der Waals surface area contributed by atoms with Crippen molar-refractivity contribution in [1.29, 1.82) is 0 Å². The van der Waals surface area contributed by atoms with Gasteiger partial charge in [-0.25, -0.2) is 0 Å². The summed E-state index contributed by atoms with van der Waals surface area (Å²) in [5.74, 6) is 0.291. The second kappa shape index (κ2) is 5.63. The maximum absolute atomic E-state index is 11.6. The Morgan fingerprint density at radius 3 is 3.00 bits per heavy atom. The average molecular weight is 323 g/mol. The van der Waals surface area contributed by atoms with E-state index in [1.165, 1.54) is 17.5 Å². The zero-order chi connectivity index (χ0) is 13.2. The van der Waals surface area contributed by atoms with Crippen LogP contribution in [-0.4, -0.2) is 24.0 Å². The van der Waals surface area contributed by atoms with Crippen LogP contribution in [0.1, 0.15) is 42.9 Å². The van der Waals surface area contributed by atoms with Crippen LogP contribution in [-0.2, 0) is 11.2 Å². The summed E-state index contributed by atoms with van der Waals surface area (Å²) in [5, 5.41) is 3.56. The molecule has 2 aliphatic rings. The van der Waals surface area contributed by atoms with Crippen LogP contribution in [0.15, 0.2) is 22.7 Å². The molecule has 1 heterocycles. The molecule has 3 rings (SSSR count). The minimum absolute atomic E-state index is 0.291. The van der Waals surface area contributed by atoms with E-state index in [0.717, 1.165) is 36.7 Å². The molecule has 1 saturated heterocycles. The number of hydrogen-bond acceptors (Lipinski definition) is 2. The van der Waals surface area contributed by atoms with Gasteiger partial charge in [0.2, 0.25) is 5.91 Å². The van der Waals surface area contributed by atoms with Crippen LogP contribution >= 0.6 is 15.9 Å². The van der Waals surface area contributed by atoms with Crippen LogP contribution in [0.25, 0.3) is 0 Å². The Kier molecular flexibility index (Phi) is 3.89. The molecule has 1 amide bonds. The molecule has 1 fully saturated rings. The monoisotopic (exact) mass is 322 g/mol. The Labute approximate surface area is 122 Å². The molecule has 0 spiro atoms. The van der Waals surface area contributed by atoms with Crippen molar-refractivity contribution in [1.82, 2.24) is 10.2 Å². The lowest BCUT2D eigenvalue weighted by atomic mass is 9.88. The molecule has 1 aromatic rings. The van der Waals surface area contributed by atoms with E-state index < -0.39 is 0 Å². The van der Waals surface area contributed by atoms with E-state index in [4.69, 9.17) is 0 Å². The highest BCUT2D eigenvalue weighted by Gasteiger charge is 2.23. The SMILES string of the molecule is O=C1CCCN1CN[C@@H]1CCCc2cc(Br)ccc21. The number of fused-ring (bicyclic) bond motifs is 1. The predicted octanol–water partition coefficient (Wildman–Crippen LogP) is 3.00. The Morgan fingerprint density at radius 1 is 1.32 bits per heavy atom. The number of nitrogens with one attached hydrogen (secondary N) is 1. The fourth-order valence-corrected chi connectivity index (χ4v) is 3.50. The Hall–Kier alpha value is -0.870. The zero-order valence-corrected chi connectivity index (χ0v) is 12.6. The van der Waals surface area contributed by atoms with Crippen molar-refractivity contribution in [3.8, 4) is 0 Å². The smallest absolute Gasteiger partial charge is 0.223 e. The van der Waals surface area contributed by atoms with E-state index in [2.05, 4.69) is 39.4 Å². The molecular weight excluding hydrogens is 304 g/mol. The van der Waals surface area contributed by atoms with Gasteiger partial charge in [-0.15, -0.1) is 0 Å². The molecular formula is C15H19BrN2O. The summed E-state index contributed by atoms with van der Waals surface area (Å²) in [5.41, 5.74) is 2.84. The van der Waals surface area contributed by atoms with Crippen molar-refractivity contribution in [2.45, 2.75) is 38.1 Å². The van der Waals surface area contributed by atoms with Crippen molar-refractivity contribution >= 4 is 21.8 Å². The first-order chi connectivity index (χ1) is 9.24. The second-order valence-electron chi connectivity index (χ2n) is 5.41. The van der Waals surface area contributed by atoms with Crippen LogP contribution < -0.4 is 5.32 Å². The summed E-state index contributed by atoms with van der Waals surface area (Å²) in [4.78, 5) is 13.6.